The smallest absolute Gasteiger partial charge is 0.230 e. The van der Waals surface area contributed by atoms with Crippen LogP contribution in [0.25, 0.3) is 5.69 Å². The molecule has 0 aliphatic rings. The molecule has 0 aliphatic carbocycles. The Bertz CT molecular complexity index is 651. The van der Waals surface area contributed by atoms with Crippen LogP contribution in [-0.4, -0.2) is 32.5 Å². The Morgan fingerprint density at radius 1 is 1.21 bits per heavy atom. The zero-order valence-corrected chi connectivity index (χ0v) is 15.6. The second kappa shape index (κ2) is 8.87. The highest BCUT2D eigenvalue weighted by Gasteiger charge is 2.12. The van der Waals surface area contributed by atoms with Crippen LogP contribution in [0.2, 0.25) is 0 Å². The first-order chi connectivity index (χ1) is 11.5. The number of nitrogens with one attached hydrogen (secondary N) is 1. The molecule has 0 radical (unpaired) electrons. The van der Waals surface area contributed by atoms with Crippen LogP contribution >= 0.6 is 11.8 Å². The Morgan fingerprint density at radius 2 is 1.92 bits per heavy atom. The molecule has 1 N–H and O–H groups in total. The number of amides is 1. The molecule has 0 fully saturated rings. The molecule has 1 atom stereocenters. The van der Waals surface area contributed by atoms with E-state index in [2.05, 4.69) is 43.2 Å². The quantitative estimate of drug-likeness (QED) is 0.742. The van der Waals surface area contributed by atoms with Crippen LogP contribution in [0.3, 0.4) is 0 Å². The highest BCUT2D eigenvalue weighted by molar-refractivity contribution is 7.99. The summed E-state index contributed by atoms with van der Waals surface area (Å²) >= 11 is 1.40. The van der Waals surface area contributed by atoms with Gasteiger partial charge in [-0.15, -0.1) is 10.2 Å². The monoisotopic (exact) mass is 346 g/mol. The van der Waals surface area contributed by atoms with Crippen molar-refractivity contribution in [3.8, 4) is 5.69 Å². The van der Waals surface area contributed by atoms with E-state index in [1.807, 2.05) is 28.8 Å². The van der Waals surface area contributed by atoms with Crippen LogP contribution in [0.5, 0.6) is 0 Å². The fraction of sp³-hybridized carbons (Fsp3) is 0.500. The number of nitrogens with zero attached hydrogens (tertiary/aromatic N) is 3. The normalized spacial score (nSPS) is 12.4. The van der Waals surface area contributed by atoms with Crippen molar-refractivity contribution in [1.82, 2.24) is 20.1 Å². The molecule has 1 heterocycles. The lowest BCUT2D eigenvalue weighted by atomic mass is 10.0. The van der Waals surface area contributed by atoms with Crippen LogP contribution in [0.4, 0.5) is 0 Å². The lowest BCUT2D eigenvalue weighted by Crippen LogP contribution is -2.34. The molecule has 0 aliphatic heterocycles. The minimum absolute atomic E-state index is 0.0368. The lowest BCUT2D eigenvalue weighted by molar-refractivity contribution is -0.119. The molecule has 1 aromatic heterocycles. The fourth-order valence-corrected chi connectivity index (χ4v) is 3.05. The van der Waals surface area contributed by atoms with Crippen LogP contribution in [0, 0.1) is 12.8 Å². The number of hydrogen-bond acceptors (Lipinski definition) is 4. The number of rotatable bonds is 8. The second-order valence-electron chi connectivity index (χ2n) is 6.55. The van der Waals surface area contributed by atoms with Crippen molar-refractivity contribution in [3.05, 3.63) is 36.2 Å². The first kappa shape index (κ1) is 18.5. The highest BCUT2D eigenvalue weighted by Crippen LogP contribution is 2.19. The lowest BCUT2D eigenvalue weighted by Gasteiger charge is -2.15. The van der Waals surface area contributed by atoms with Gasteiger partial charge in [-0.05, 0) is 44.7 Å². The van der Waals surface area contributed by atoms with Gasteiger partial charge in [-0.2, -0.15) is 0 Å². The van der Waals surface area contributed by atoms with Crippen molar-refractivity contribution < 1.29 is 4.79 Å². The standard InChI is InChI=1S/C18H26N4OS/c1-13(2)5-8-15(4)20-17(23)11-24-18-21-19-12-22(18)16-9-6-14(3)7-10-16/h6-7,9-10,12-13,15H,5,8,11H2,1-4H3,(H,20,23). The number of hydrogen-bond donors (Lipinski definition) is 1. The topological polar surface area (TPSA) is 59.8 Å². The van der Waals surface area contributed by atoms with Gasteiger partial charge in [0, 0.05) is 11.7 Å². The van der Waals surface area contributed by atoms with Gasteiger partial charge in [-0.25, -0.2) is 0 Å². The third-order valence-corrected chi connectivity index (χ3v) is 4.69. The van der Waals surface area contributed by atoms with Crippen molar-refractivity contribution in [1.29, 1.82) is 0 Å². The minimum Gasteiger partial charge on any atom is -0.353 e. The maximum absolute atomic E-state index is 12.1. The van der Waals surface area contributed by atoms with Gasteiger partial charge >= 0.3 is 0 Å². The molecule has 2 rings (SSSR count). The predicted octanol–water partition coefficient (Wildman–Crippen LogP) is 3.61. The molecule has 0 bridgehead atoms. The summed E-state index contributed by atoms with van der Waals surface area (Å²) in [6.45, 7) is 8.50. The minimum atomic E-state index is 0.0368. The van der Waals surface area contributed by atoms with Crippen molar-refractivity contribution in [3.63, 3.8) is 0 Å². The Hall–Kier alpha value is -1.82. The number of aryl methyl sites for hydroxylation is 1. The summed E-state index contributed by atoms with van der Waals surface area (Å²) in [6.07, 6.45) is 3.81. The van der Waals surface area contributed by atoms with Crippen LogP contribution in [0.1, 0.15) is 39.2 Å². The van der Waals surface area contributed by atoms with Crippen molar-refractivity contribution in [2.45, 2.75) is 51.7 Å². The van der Waals surface area contributed by atoms with Crippen LogP contribution < -0.4 is 5.32 Å². The van der Waals surface area contributed by atoms with E-state index < -0.39 is 0 Å². The number of benzene rings is 1. The molecule has 5 nitrogen and oxygen atoms in total. The largest absolute Gasteiger partial charge is 0.353 e. The average molecular weight is 347 g/mol. The summed E-state index contributed by atoms with van der Waals surface area (Å²) in [5, 5.41) is 11.9. The molecule has 6 heteroatoms. The van der Waals surface area contributed by atoms with Gasteiger partial charge in [0.25, 0.3) is 0 Å². The molecule has 130 valence electrons. The number of carbonyl (C=O) groups is 1. The first-order valence-electron chi connectivity index (χ1n) is 8.35. The van der Waals surface area contributed by atoms with E-state index in [4.69, 9.17) is 0 Å². The fourth-order valence-electron chi connectivity index (χ4n) is 2.31. The number of aromatic nitrogens is 3. The SMILES string of the molecule is Cc1ccc(-n2cnnc2SCC(=O)NC(C)CCC(C)C)cc1. The Kier molecular flexibility index (Phi) is 6.85. The number of carbonyl (C=O) groups excluding carboxylic acids is 1. The van der Waals surface area contributed by atoms with Gasteiger partial charge in [-0.3, -0.25) is 9.36 Å². The van der Waals surface area contributed by atoms with E-state index in [9.17, 15) is 4.79 Å². The molecule has 1 amide bonds. The summed E-state index contributed by atoms with van der Waals surface area (Å²) in [5.41, 5.74) is 2.20. The maximum atomic E-state index is 12.1. The molecular formula is C18H26N4OS. The highest BCUT2D eigenvalue weighted by atomic mass is 32.2. The van der Waals surface area contributed by atoms with Crippen molar-refractivity contribution in [2.24, 2.45) is 5.92 Å². The molecule has 0 saturated heterocycles. The molecule has 24 heavy (non-hydrogen) atoms. The number of thioether (sulfide) groups is 1. The summed E-state index contributed by atoms with van der Waals surface area (Å²) in [7, 11) is 0. The maximum Gasteiger partial charge on any atom is 0.230 e. The third kappa shape index (κ3) is 5.67. The van der Waals surface area contributed by atoms with E-state index in [-0.39, 0.29) is 11.9 Å². The van der Waals surface area contributed by atoms with Crippen molar-refractivity contribution >= 4 is 17.7 Å². The average Bonchev–Trinajstić information content (AvgIpc) is 3.00. The molecule has 0 saturated carbocycles. The Morgan fingerprint density at radius 3 is 2.58 bits per heavy atom. The van der Waals surface area contributed by atoms with E-state index in [1.165, 1.54) is 17.3 Å². The zero-order chi connectivity index (χ0) is 17.5. The van der Waals surface area contributed by atoms with Gasteiger partial charge in [-0.1, -0.05) is 43.3 Å². The summed E-state index contributed by atoms with van der Waals surface area (Å²) < 4.78 is 1.90. The third-order valence-electron chi connectivity index (χ3n) is 3.75. The summed E-state index contributed by atoms with van der Waals surface area (Å²) in [6, 6.07) is 8.35. The Labute approximate surface area is 148 Å². The van der Waals surface area contributed by atoms with Crippen LogP contribution in [0.15, 0.2) is 35.7 Å². The van der Waals surface area contributed by atoms with Gasteiger partial charge < -0.3 is 5.32 Å². The first-order valence-corrected chi connectivity index (χ1v) is 9.33. The van der Waals surface area contributed by atoms with Crippen LogP contribution in [-0.2, 0) is 4.79 Å². The Balaban J connectivity index is 1.87. The second-order valence-corrected chi connectivity index (χ2v) is 7.49. The van der Waals surface area contributed by atoms with E-state index in [0.29, 0.717) is 11.7 Å². The predicted molar refractivity (Wildman–Crippen MR) is 98.5 cm³/mol. The molecule has 1 unspecified atom stereocenters. The summed E-state index contributed by atoms with van der Waals surface area (Å²) in [5.74, 6) is 1.04. The van der Waals surface area contributed by atoms with E-state index in [0.717, 1.165) is 23.7 Å². The van der Waals surface area contributed by atoms with Crippen molar-refractivity contribution in [2.75, 3.05) is 5.75 Å². The molecular weight excluding hydrogens is 320 g/mol. The van der Waals surface area contributed by atoms with E-state index >= 15 is 0 Å². The van der Waals surface area contributed by atoms with Gasteiger partial charge in [0.1, 0.15) is 6.33 Å². The zero-order valence-electron chi connectivity index (χ0n) is 14.8. The van der Waals surface area contributed by atoms with Gasteiger partial charge in [0.15, 0.2) is 5.16 Å². The molecule has 2 aromatic rings. The molecule has 1 aromatic carbocycles. The van der Waals surface area contributed by atoms with Gasteiger partial charge in [0.05, 0.1) is 5.75 Å². The van der Waals surface area contributed by atoms with E-state index in [1.54, 1.807) is 6.33 Å². The summed E-state index contributed by atoms with van der Waals surface area (Å²) in [4.78, 5) is 12.1. The molecule has 0 spiro atoms. The van der Waals surface area contributed by atoms with Gasteiger partial charge in [0.2, 0.25) is 5.91 Å².